The zero-order valence-corrected chi connectivity index (χ0v) is 10.1. The average Bonchev–Trinajstić information content (AvgIpc) is 3.02. The number of fused-ring (bicyclic) bond motifs is 2. The van der Waals surface area contributed by atoms with Crippen molar-refractivity contribution in [3.63, 3.8) is 0 Å². The van der Waals surface area contributed by atoms with Crippen LogP contribution in [0, 0.1) is 18.8 Å². The van der Waals surface area contributed by atoms with Crippen molar-refractivity contribution >= 4 is 5.91 Å². The van der Waals surface area contributed by atoms with E-state index < -0.39 is 0 Å². The zero-order chi connectivity index (χ0) is 12.0. The Labute approximate surface area is 100 Å². The second kappa shape index (κ2) is 3.72. The maximum Gasteiger partial charge on any atom is 0.259 e. The SMILES string of the molecule is Cc1oncc1C(=O)N(C)C1CC2C=CC1C2. The second-order valence-corrected chi connectivity index (χ2v) is 5.06. The highest BCUT2D eigenvalue weighted by atomic mass is 16.5. The van der Waals surface area contributed by atoms with E-state index in [4.69, 9.17) is 4.52 Å². The second-order valence-electron chi connectivity index (χ2n) is 5.06. The molecule has 17 heavy (non-hydrogen) atoms. The smallest absolute Gasteiger partial charge is 0.259 e. The summed E-state index contributed by atoms with van der Waals surface area (Å²) in [6.07, 6.45) is 8.34. The topological polar surface area (TPSA) is 46.3 Å². The molecule has 0 spiro atoms. The summed E-state index contributed by atoms with van der Waals surface area (Å²) >= 11 is 0. The van der Waals surface area contributed by atoms with Gasteiger partial charge in [0, 0.05) is 13.1 Å². The fourth-order valence-electron chi connectivity index (χ4n) is 3.04. The van der Waals surface area contributed by atoms with Crippen molar-refractivity contribution < 1.29 is 9.32 Å². The normalized spacial score (nSPS) is 29.9. The van der Waals surface area contributed by atoms with Gasteiger partial charge in [-0.25, -0.2) is 0 Å². The highest BCUT2D eigenvalue weighted by Crippen LogP contribution is 2.41. The molecule has 0 radical (unpaired) electrons. The molecule has 0 aliphatic heterocycles. The van der Waals surface area contributed by atoms with Crippen LogP contribution in [0.2, 0.25) is 0 Å². The van der Waals surface area contributed by atoms with Crippen LogP contribution in [0.5, 0.6) is 0 Å². The van der Waals surface area contributed by atoms with Gasteiger partial charge in [0.25, 0.3) is 5.91 Å². The van der Waals surface area contributed by atoms with E-state index in [1.165, 1.54) is 12.6 Å². The molecule has 0 saturated heterocycles. The molecule has 1 saturated carbocycles. The molecule has 2 aliphatic rings. The fourth-order valence-corrected chi connectivity index (χ4v) is 3.04. The number of carbonyl (C=O) groups excluding carboxylic acids is 1. The quantitative estimate of drug-likeness (QED) is 0.733. The van der Waals surface area contributed by atoms with Gasteiger partial charge >= 0.3 is 0 Å². The summed E-state index contributed by atoms with van der Waals surface area (Å²) in [5, 5.41) is 3.66. The summed E-state index contributed by atoms with van der Waals surface area (Å²) < 4.78 is 4.95. The van der Waals surface area contributed by atoms with Crippen LogP contribution < -0.4 is 0 Å². The maximum absolute atomic E-state index is 12.3. The summed E-state index contributed by atoms with van der Waals surface area (Å²) in [6.45, 7) is 1.77. The van der Waals surface area contributed by atoms with Gasteiger partial charge in [-0.15, -0.1) is 0 Å². The van der Waals surface area contributed by atoms with E-state index >= 15 is 0 Å². The largest absolute Gasteiger partial charge is 0.361 e. The summed E-state index contributed by atoms with van der Waals surface area (Å²) in [5.74, 6) is 1.83. The molecule has 0 aromatic carbocycles. The summed E-state index contributed by atoms with van der Waals surface area (Å²) in [5.41, 5.74) is 0.583. The Kier molecular flexibility index (Phi) is 2.31. The fraction of sp³-hybridized carbons (Fsp3) is 0.538. The van der Waals surface area contributed by atoms with Crippen LogP contribution in [-0.4, -0.2) is 29.1 Å². The van der Waals surface area contributed by atoms with E-state index in [1.54, 1.807) is 6.92 Å². The summed E-state index contributed by atoms with van der Waals surface area (Å²) in [7, 11) is 1.88. The third-order valence-corrected chi connectivity index (χ3v) is 4.04. The molecule has 3 atom stereocenters. The van der Waals surface area contributed by atoms with Crippen LogP contribution in [-0.2, 0) is 0 Å². The molecule has 1 amide bonds. The third-order valence-electron chi connectivity index (χ3n) is 4.04. The van der Waals surface area contributed by atoms with Crippen LogP contribution in [0.15, 0.2) is 22.9 Å². The Morgan fingerprint density at radius 3 is 2.82 bits per heavy atom. The first kappa shape index (κ1) is 10.6. The first-order chi connectivity index (χ1) is 8.16. The van der Waals surface area contributed by atoms with E-state index in [2.05, 4.69) is 17.3 Å². The van der Waals surface area contributed by atoms with Crippen molar-refractivity contribution in [2.24, 2.45) is 11.8 Å². The minimum absolute atomic E-state index is 0.0229. The first-order valence-corrected chi connectivity index (χ1v) is 6.03. The minimum Gasteiger partial charge on any atom is -0.361 e. The lowest BCUT2D eigenvalue weighted by atomic mass is 9.99. The highest BCUT2D eigenvalue weighted by molar-refractivity contribution is 5.94. The van der Waals surface area contributed by atoms with E-state index in [1.807, 2.05) is 11.9 Å². The van der Waals surface area contributed by atoms with Crippen LogP contribution >= 0.6 is 0 Å². The number of aryl methyl sites for hydroxylation is 1. The Hall–Kier alpha value is -1.58. The number of allylic oxidation sites excluding steroid dienone is 1. The van der Waals surface area contributed by atoms with Gasteiger partial charge in [0.15, 0.2) is 0 Å². The highest BCUT2D eigenvalue weighted by Gasteiger charge is 2.39. The molecule has 4 heteroatoms. The van der Waals surface area contributed by atoms with Gasteiger partial charge in [-0.1, -0.05) is 17.3 Å². The number of aromatic nitrogens is 1. The number of nitrogens with zero attached hydrogens (tertiary/aromatic N) is 2. The van der Waals surface area contributed by atoms with Gasteiger partial charge in [0.2, 0.25) is 0 Å². The molecule has 3 rings (SSSR count). The molecular weight excluding hydrogens is 216 g/mol. The van der Waals surface area contributed by atoms with Gasteiger partial charge in [-0.3, -0.25) is 4.79 Å². The van der Waals surface area contributed by atoms with Crippen LogP contribution in [0.4, 0.5) is 0 Å². The van der Waals surface area contributed by atoms with E-state index in [9.17, 15) is 4.79 Å². The van der Waals surface area contributed by atoms with Gasteiger partial charge in [-0.2, -0.15) is 0 Å². The van der Waals surface area contributed by atoms with Crippen molar-refractivity contribution in [1.29, 1.82) is 0 Å². The lowest BCUT2D eigenvalue weighted by Crippen LogP contribution is -2.39. The maximum atomic E-state index is 12.3. The molecule has 1 aromatic rings. The average molecular weight is 232 g/mol. The number of carbonyl (C=O) groups is 1. The van der Waals surface area contributed by atoms with Crippen LogP contribution in [0.1, 0.15) is 29.0 Å². The molecule has 2 bridgehead atoms. The Bertz CT molecular complexity index is 478. The summed E-state index contributed by atoms with van der Waals surface area (Å²) in [6, 6.07) is 0.340. The third kappa shape index (κ3) is 1.59. The van der Waals surface area contributed by atoms with Gasteiger partial charge in [-0.05, 0) is 31.6 Å². The van der Waals surface area contributed by atoms with E-state index in [0.29, 0.717) is 29.2 Å². The molecule has 3 unspecified atom stereocenters. The molecule has 0 N–H and O–H groups in total. The number of hydrogen-bond donors (Lipinski definition) is 0. The standard InChI is InChI=1S/C13H16N2O2/c1-8-11(7-14-17-8)13(16)15(2)12-6-9-3-4-10(12)5-9/h3-4,7,9-10,12H,5-6H2,1-2H3. The van der Waals surface area contributed by atoms with Crippen molar-refractivity contribution in [1.82, 2.24) is 10.1 Å². The minimum atomic E-state index is 0.0229. The number of rotatable bonds is 2. The van der Waals surface area contributed by atoms with Crippen molar-refractivity contribution in [2.75, 3.05) is 7.05 Å². The lowest BCUT2D eigenvalue weighted by Gasteiger charge is -2.29. The predicted molar refractivity (Wildman–Crippen MR) is 62.5 cm³/mol. The monoisotopic (exact) mass is 232 g/mol. The van der Waals surface area contributed by atoms with Crippen molar-refractivity contribution in [3.8, 4) is 0 Å². The van der Waals surface area contributed by atoms with Gasteiger partial charge < -0.3 is 9.42 Å². The number of amides is 1. The van der Waals surface area contributed by atoms with Crippen molar-refractivity contribution in [2.45, 2.75) is 25.8 Å². The summed E-state index contributed by atoms with van der Waals surface area (Å²) in [4.78, 5) is 14.1. The van der Waals surface area contributed by atoms with Crippen LogP contribution in [0.25, 0.3) is 0 Å². The molecule has 1 fully saturated rings. The zero-order valence-electron chi connectivity index (χ0n) is 10.1. The Morgan fingerprint density at radius 2 is 2.29 bits per heavy atom. The Balaban J connectivity index is 1.79. The molecular formula is C13H16N2O2. The Morgan fingerprint density at radius 1 is 1.47 bits per heavy atom. The molecule has 1 heterocycles. The number of hydrogen-bond acceptors (Lipinski definition) is 3. The lowest BCUT2D eigenvalue weighted by molar-refractivity contribution is 0.0707. The molecule has 4 nitrogen and oxygen atoms in total. The molecule has 90 valence electrons. The predicted octanol–water partition coefficient (Wildman–Crippen LogP) is 2.02. The first-order valence-electron chi connectivity index (χ1n) is 6.03. The van der Waals surface area contributed by atoms with Crippen molar-refractivity contribution in [3.05, 3.63) is 29.7 Å². The molecule has 2 aliphatic carbocycles. The van der Waals surface area contributed by atoms with E-state index in [-0.39, 0.29) is 5.91 Å². The van der Waals surface area contributed by atoms with Crippen LogP contribution in [0.3, 0.4) is 0 Å². The van der Waals surface area contributed by atoms with Gasteiger partial charge in [0.05, 0.1) is 6.20 Å². The van der Waals surface area contributed by atoms with Gasteiger partial charge in [0.1, 0.15) is 11.3 Å². The molecule has 1 aromatic heterocycles. The van der Waals surface area contributed by atoms with E-state index in [0.717, 1.165) is 6.42 Å².